The topological polar surface area (TPSA) is 71.3 Å². The van der Waals surface area contributed by atoms with Crippen molar-refractivity contribution in [3.63, 3.8) is 0 Å². The summed E-state index contributed by atoms with van der Waals surface area (Å²) in [6.07, 6.45) is 4.36. The molecule has 1 N–H and O–H groups in total. The summed E-state index contributed by atoms with van der Waals surface area (Å²) in [5, 5.41) is 6.42. The summed E-state index contributed by atoms with van der Waals surface area (Å²) in [7, 11) is 0. The van der Waals surface area contributed by atoms with Gasteiger partial charge in [-0.2, -0.15) is 0 Å². The number of benzene rings is 2. The quantitative estimate of drug-likeness (QED) is 0.477. The number of thiazole rings is 1. The molecule has 0 bridgehead atoms. The second-order valence-electron chi connectivity index (χ2n) is 7.63. The highest BCUT2D eigenvalue weighted by molar-refractivity contribution is 7.13. The monoisotopic (exact) mass is 430 g/mol. The van der Waals surface area contributed by atoms with Gasteiger partial charge in [0.25, 0.3) is 5.91 Å². The Morgan fingerprint density at radius 2 is 1.74 bits per heavy atom. The summed E-state index contributed by atoms with van der Waals surface area (Å²) in [4.78, 5) is 23.4. The third kappa shape index (κ3) is 3.84. The van der Waals surface area contributed by atoms with Crippen LogP contribution in [0.25, 0.3) is 0 Å². The van der Waals surface area contributed by atoms with Crippen molar-refractivity contribution < 1.29 is 9.21 Å². The molecule has 7 heteroatoms. The van der Waals surface area contributed by atoms with Gasteiger partial charge >= 0.3 is 0 Å². The molecular formula is C24H22N4O2S. The molecule has 1 aliphatic rings. The second kappa shape index (κ2) is 8.35. The predicted molar refractivity (Wildman–Crippen MR) is 121 cm³/mol. The molecule has 31 heavy (non-hydrogen) atoms. The SMILES string of the molecule is O=C(c1cnco1)N1CCC(c2ccccc2)(c2csc(Nc3ccccc3)n2)CC1. The lowest BCUT2D eigenvalue weighted by Crippen LogP contribution is -2.45. The minimum atomic E-state index is -0.230. The largest absolute Gasteiger partial charge is 0.438 e. The van der Waals surface area contributed by atoms with Crippen LogP contribution in [0.2, 0.25) is 0 Å². The van der Waals surface area contributed by atoms with E-state index in [-0.39, 0.29) is 17.1 Å². The summed E-state index contributed by atoms with van der Waals surface area (Å²) in [6, 6.07) is 20.6. The lowest BCUT2D eigenvalue weighted by atomic mass is 9.70. The van der Waals surface area contributed by atoms with E-state index in [0.29, 0.717) is 13.1 Å². The maximum atomic E-state index is 12.7. The number of aromatic nitrogens is 2. The van der Waals surface area contributed by atoms with Crippen LogP contribution >= 0.6 is 11.3 Å². The zero-order valence-electron chi connectivity index (χ0n) is 16.9. The van der Waals surface area contributed by atoms with E-state index < -0.39 is 0 Å². The van der Waals surface area contributed by atoms with Gasteiger partial charge in [0.05, 0.1) is 11.9 Å². The maximum absolute atomic E-state index is 12.7. The number of para-hydroxylation sites is 1. The van der Waals surface area contributed by atoms with Crippen LogP contribution in [-0.4, -0.2) is 33.9 Å². The van der Waals surface area contributed by atoms with Crippen molar-refractivity contribution in [2.45, 2.75) is 18.3 Å². The molecule has 0 atom stereocenters. The van der Waals surface area contributed by atoms with Crippen LogP contribution in [0, 0.1) is 0 Å². The zero-order chi connectivity index (χ0) is 21.1. The van der Waals surface area contributed by atoms with Crippen LogP contribution in [0.3, 0.4) is 0 Å². The summed E-state index contributed by atoms with van der Waals surface area (Å²) >= 11 is 1.61. The summed E-state index contributed by atoms with van der Waals surface area (Å²) in [5.74, 6) is 0.180. The lowest BCUT2D eigenvalue weighted by molar-refractivity contribution is 0.0652. The Labute approximate surface area is 184 Å². The number of piperidine rings is 1. The molecule has 5 rings (SSSR count). The first-order valence-corrected chi connectivity index (χ1v) is 11.1. The van der Waals surface area contributed by atoms with Gasteiger partial charge in [-0.05, 0) is 30.5 Å². The number of carbonyl (C=O) groups is 1. The molecule has 0 saturated carbocycles. The molecule has 0 spiro atoms. The van der Waals surface area contributed by atoms with Gasteiger partial charge in [0, 0.05) is 29.6 Å². The highest BCUT2D eigenvalue weighted by Gasteiger charge is 2.41. The number of amides is 1. The summed E-state index contributed by atoms with van der Waals surface area (Å²) in [5.41, 5.74) is 3.07. The number of carbonyl (C=O) groups excluding carboxylic acids is 1. The van der Waals surface area contributed by atoms with Gasteiger partial charge in [-0.1, -0.05) is 48.5 Å². The molecule has 2 aromatic carbocycles. The average Bonchev–Trinajstić information content (AvgIpc) is 3.53. The summed E-state index contributed by atoms with van der Waals surface area (Å²) < 4.78 is 5.21. The molecule has 1 aliphatic heterocycles. The Bertz CT molecular complexity index is 1130. The number of anilines is 2. The fourth-order valence-corrected chi connectivity index (χ4v) is 5.04. The van der Waals surface area contributed by atoms with Crippen molar-refractivity contribution in [1.29, 1.82) is 0 Å². The molecule has 3 heterocycles. The fourth-order valence-electron chi connectivity index (χ4n) is 4.21. The highest BCUT2D eigenvalue weighted by atomic mass is 32.1. The normalized spacial score (nSPS) is 15.5. The van der Waals surface area contributed by atoms with E-state index in [9.17, 15) is 4.79 Å². The smallest absolute Gasteiger partial charge is 0.291 e. The molecule has 1 saturated heterocycles. The number of oxazole rings is 1. The van der Waals surface area contributed by atoms with Crippen LogP contribution in [0.5, 0.6) is 0 Å². The molecule has 0 radical (unpaired) electrons. The van der Waals surface area contributed by atoms with Crippen molar-refractivity contribution in [1.82, 2.24) is 14.9 Å². The van der Waals surface area contributed by atoms with Crippen molar-refractivity contribution in [3.8, 4) is 0 Å². The van der Waals surface area contributed by atoms with E-state index in [1.807, 2.05) is 41.3 Å². The molecular weight excluding hydrogens is 408 g/mol. The van der Waals surface area contributed by atoms with Gasteiger partial charge in [-0.3, -0.25) is 4.79 Å². The predicted octanol–water partition coefficient (Wildman–Crippen LogP) is 5.10. The van der Waals surface area contributed by atoms with E-state index in [1.165, 1.54) is 18.2 Å². The highest BCUT2D eigenvalue weighted by Crippen LogP contribution is 2.43. The van der Waals surface area contributed by atoms with Crippen molar-refractivity contribution in [2.24, 2.45) is 0 Å². The van der Waals surface area contributed by atoms with Crippen LogP contribution in [0.1, 0.15) is 34.7 Å². The van der Waals surface area contributed by atoms with Gasteiger partial charge in [-0.25, -0.2) is 9.97 Å². The van der Waals surface area contributed by atoms with E-state index in [0.717, 1.165) is 29.4 Å². The number of nitrogens with zero attached hydrogens (tertiary/aromatic N) is 3. The Balaban J connectivity index is 1.42. The number of rotatable bonds is 5. The van der Waals surface area contributed by atoms with Crippen molar-refractivity contribution >= 4 is 28.1 Å². The first-order chi connectivity index (χ1) is 15.2. The summed E-state index contributed by atoms with van der Waals surface area (Å²) in [6.45, 7) is 1.26. The van der Waals surface area contributed by atoms with Gasteiger partial charge in [0.15, 0.2) is 11.5 Å². The molecule has 0 aliphatic carbocycles. The van der Waals surface area contributed by atoms with Crippen LogP contribution < -0.4 is 5.32 Å². The molecule has 2 aromatic heterocycles. The van der Waals surface area contributed by atoms with E-state index >= 15 is 0 Å². The van der Waals surface area contributed by atoms with E-state index in [1.54, 1.807) is 11.3 Å². The maximum Gasteiger partial charge on any atom is 0.291 e. The first-order valence-electron chi connectivity index (χ1n) is 10.3. The number of hydrogen-bond donors (Lipinski definition) is 1. The lowest BCUT2D eigenvalue weighted by Gasteiger charge is -2.41. The number of nitrogens with one attached hydrogen (secondary N) is 1. The van der Waals surface area contributed by atoms with E-state index in [2.05, 4.69) is 39.9 Å². The Kier molecular flexibility index (Phi) is 5.26. The molecule has 4 aromatic rings. The minimum absolute atomic E-state index is 0.108. The van der Waals surface area contributed by atoms with Crippen molar-refractivity contribution in [2.75, 3.05) is 18.4 Å². The zero-order valence-corrected chi connectivity index (χ0v) is 17.7. The molecule has 0 unspecified atom stereocenters. The van der Waals surface area contributed by atoms with Gasteiger partial charge in [0.2, 0.25) is 5.76 Å². The Morgan fingerprint density at radius 1 is 1.03 bits per heavy atom. The molecule has 1 fully saturated rings. The van der Waals surface area contributed by atoms with Crippen molar-refractivity contribution in [3.05, 3.63) is 95.7 Å². The second-order valence-corrected chi connectivity index (χ2v) is 8.49. The number of hydrogen-bond acceptors (Lipinski definition) is 6. The minimum Gasteiger partial charge on any atom is -0.438 e. The third-order valence-electron chi connectivity index (χ3n) is 5.89. The fraction of sp³-hybridized carbons (Fsp3) is 0.208. The molecule has 1 amide bonds. The standard InChI is InChI=1S/C24H22N4O2S/c29-22(20-15-25-17-30-20)28-13-11-24(12-14-28,18-7-3-1-4-8-18)21-16-31-23(27-21)26-19-9-5-2-6-10-19/h1-10,15-17H,11-14H2,(H,26,27). The van der Waals surface area contributed by atoms with Crippen LogP contribution in [-0.2, 0) is 5.41 Å². The first kappa shape index (κ1) is 19.5. The Morgan fingerprint density at radius 3 is 2.42 bits per heavy atom. The Hall–Kier alpha value is -3.45. The van der Waals surface area contributed by atoms with Crippen LogP contribution in [0.4, 0.5) is 10.8 Å². The van der Waals surface area contributed by atoms with E-state index in [4.69, 9.17) is 9.40 Å². The van der Waals surface area contributed by atoms with Gasteiger partial charge in [-0.15, -0.1) is 11.3 Å². The van der Waals surface area contributed by atoms with Gasteiger partial charge < -0.3 is 14.6 Å². The third-order valence-corrected chi connectivity index (χ3v) is 6.65. The molecule has 6 nitrogen and oxygen atoms in total. The number of likely N-dealkylation sites (tertiary alicyclic amines) is 1. The van der Waals surface area contributed by atoms with Crippen LogP contribution in [0.15, 0.2) is 83.1 Å². The van der Waals surface area contributed by atoms with Gasteiger partial charge in [0.1, 0.15) is 0 Å². The average molecular weight is 431 g/mol. The molecule has 156 valence electrons.